The minimum atomic E-state index is -1.11. The zero-order valence-corrected chi connectivity index (χ0v) is 17.2. The van der Waals surface area contributed by atoms with E-state index < -0.39 is 5.97 Å². The average Bonchev–Trinajstić information content (AvgIpc) is 2.72. The van der Waals surface area contributed by atoms with Crippen LogP contribution in [0.15, 0.2) is 54.6 Å². The van der Waals surface area contributed by atoms with Crippen LogP contribution in [0, 0.1) is 0 Å². The number of aromatic hydroxyl groups is 1. The maximum Gasteiger partial charge on any atom is 0.339 e. The van der Waals surface area contributed by atoms with Crippen LogP contribution in [0.4, 0.5) is 5.69 Å². The molecule has 3 aromatic rings. The summed E-state index contributed by atoms with van der Waals surface area (Å²) >= 11 is 0. The van der Waals surface area contributed by atoms with Crippen molar-refractivity contribution in [1.82, 2.24) is 9.80 Å². The Labute approximate surface area is 179 Å². The zero-order chi connectivity index (χ0) is 22.7. The molecule has 0 bridgehead atoms. The second kappa shape index (κ2) is 8.85. The Morgan fingerprint density at radius 2 is 1.68 bits per heavy atom. The van der Waals surface area contributed by atoms with Crippen LogP contribution in [0.5, 0.6) is 5.75 Å². The molecule has 4 rings (SSSR count). The van der Waals surface area contributed by atoms with Crippen molar-refractivity contribution in [3.05, 3.63) is 71.3 Å². The first-order chi connectivity index (χ1) is 14.7. The second-order valence-electron chi connectivity index (χ2n) is 7.36. The highest BCUT2D eigenvalue weighted by atomic mass is 16.4. The van der Waals surface area contributed by atoms with Crippen LogP contribution in [-0.4, -0.2) is 65.0 Å². The lowest BCUT2D eigenvalue weighted by atomic mass is 9.93. The minimum Gasteiger partial charge on any atom is -0.507 e. The molecule has 4 N–H and O–H groups in total. The van der Waals surface area contributed by atoms with Gasteiger partial charge in [-0.05, 0) is 49.8 Å². The summed E-state index contributed by atoms with van der Waals surface area (Å²) in [5.74, 6) is -1.81. The summed E-state index contributed by atoms with van der Waals surface area (Å²) in [6.07, 6.45) is 0. The SMILES string of the molecule is CN(C)CCN1C(=O)c2cccc3cc(N)cc(c23)C1=O.O=C(O)c1ccccc1O. The lowest BCUT2D eigenvalue weighted by Gasteiger charge is -2.28. The molecule has 2 amide bonds. The van der Waals surface area contributed by atoms with Crippen LogP contribution in [0.25, 0.3) is 10.8 Å². The van der Waals surface area contributed by atoms with Crippen molar-refractivity contribution in [3.63, 3.8) is 0 Å². The highest BCUT2D eigenvalue weighted by Gasteiger charge is 2.32. The molecule has 0 saturated heterocycles. The maximum atomic E-state index is 12.6. The van der Waals surface area contributed by atoms with Crippen molar-refractivity contribution in [1.29, 1.82) is 0 Å². The van der Waals surface area contributed by atoms with Crippen LogP contribution < -0.4 is 5.73 Å². The maximum absolute atomic E-state index is 12.6. The number of nitrogens with two attached hydrogens (primary N) is 1. The first kappa shape index (κ1) is 21.8. The number of anilines is 1. The van der Waals surface area contributed by atoms with E-state index in [2.05, 4.69) is 0 Å². The van der Waals surface area contributed by atoms with E-state index in [1.54, 1.807) is 30.3 Å². The Bertz CT molecular complexity index is 1170. The van der Waals surface area contributed by atoms with Gasteiger partial charge in [0.25, 0.3) is 11.8 Å². The van der Waals surface area contributed by atoms with Gasteiger partial charge in [0.15, 0.2) is 0 Å². The van der Waals surface area contributed by atoms with Crippen molar-refractivity contribution in [3.8, 4) is 5.75 Å². The molecule has 1 aliphatic heterocycles. The Hall–Kier alpha value is -3.91. The molecule has 0 unspecified atom stereocenters. The summed E-state index contributed by atoms with van der Waals surface area (Å²) in [4.78, 5) is 38.7. The molecule has 0 atom stereocenters. The first-order valence-electron chi connectivity index (χ1n) is 9.55. The van der Waals surface area contributed by atoms with E-state index >= 15 is 0 Å². The molecular formula is C23H23N3O5. The third-order valence-corrected chi connectivity index (χ3v) is 4.86. The molecule has 8 nitrogen and oxygen atoms in total. The summed E-state index contributed by atoms with van der Waals surface area (Å²) in [6, 6.07) is 14.7. The van der Waals surface area contributed by atoms with E-state index in [-0.39, 0.29) is 23.1 Å². The molecule has 8 heteroatoms. The van der Waals surface area contributed by atoms with E-state index in [4.69, 9.17) is 15.9 Å². The number of hydrogen-bond donors (Lipinski definition) is 3. The number of imide groups is 1. The number of amides is 2. The number of hydrogen-bond acceptors (Lipinski definition) is 6. The van der Waals surface area contributed by atoms with Gasteiger partial charge in [-0.1, -0.05) is 24.3 Å². The zero-order valence-electron chi connectivity index (χ0n) is 17.2. The number of aromatic carboxylic acids is 1. The highest BCUT2D eigenvalue weighted by molar-refractivity contribution is 6.25. The molecular weight excluding hydrogens is 398 g/mol. The van der Waals surface area contributed by atoms with Gasteiger partial charge in [0, 0.05) is 29.7 Å². The monoisotopic (exact) mass is 421 g/mol. The number of phenols is 1. The van der Waals surface area contributed by atoms with Crippen molar-refractivity contribution in [2.75, 3.05) is 32.9 Å². The smallest absolute Gasteiger partial charge is 0.339 e. The first-order valence-corrected chi connectivity index (χ1v) is 9.55. The summed E-state index contributed by atoms with van der Waals surface area (Å²) < 4.78 is 0. The number of likely N-dealkylation sites (N-methyl/N-ethyl adjacent to an activating group) is 1. The van der Waals surface area contributed by atoms with E-state index in [1.807, 2.05) is 31.1 Å². The summed E-state index contributed by atoms with van der Waals surface area (Å²) in [7, 11) is 3.82. The van der Waals surface area contributed by atoms with E-state index in [0.717, 1.165) is 5.39 Å². The largest absolute Gasteiger partial charge is 0.507 e. The molecule has 31 heavy (non-hydrogen) atoms. The highest BCUT2D eigenvalue weighted by Crippen LogP contribution is 2.31. The van der Waals surface area contributed by atoms with Crippen molar-refractivity contribution in [2.45, 2.75) is 0 Å². The minimum absolute atomic E-state index is 0.0671. The van der Waals surface area contributed by atoms with Crippen LogP contribution in [0.1, 0.15) is 31.1 Å². The Morgan fingerprint density at radius 1 is 1.00 bits per heavy atom. The lowest BCUT2D eigenvalue weighted by molar-refractivity contribution is 0.0599. The lowest BCUT2D eigenvalue weighted by Crippen LogP contribution is -2.43. The van der Waals surface area contributed by atoms with Gasteiger partial charge in [0.1, 0.15) is 11.3 Å². The number of carboxylic acids is 1. The topological polar surface area (TPSA) is 124 Å². The standard InChI is InChI=1S/C16H17N3O2.C7H6O3/c1-18(2)6-7-19-15(20)12-5-3-4-10-8-11(17)9-13(14(10)12)16(19)21;8-6-4-2-1-3-5(6)7(9)10/h3-5,8-9H,6-7,17H2,1-2H3;1-4,8H,(H,9,10). The van der Waals surface area contributed by atoms with Crippen molar-refractivity contribution >= 4 is 34.2 Å². The van der Waals surface area contributed by atoms with E-state index in [0.29, 0.717) is 35.3 Å². The number of carbonyl (C=O) groups is 3. The number of benzene rings is 3. The Balaban J connectivity index is 0.000000229. The predicted octanol–water partition coefficient (Wildman–Crippen LogP) is 2.67. The summed E-state index contributed by atoms with van der Waals surface area (Å²) in [6.45, 7) is 1.00. The predicted molar refractivity (Wildman–Crippen MR) is 117 cm³/mol. The van der Waals surface area contributed by atoms with Gasteiger partial charge in [-0.15, -0.1) is 0 Å². The van der Waals surface area contributed by atoms with Crippen molar-refractivity contribution < 1.29 is 24.6 Å². The summed E-state index contributed by atoms with van der Waals surface area (Å²) in [5.41, 5.74) is 7.42. The summed E-state index contributed by atoms with van der Waals surface area (Å²) in [5, 5.41) is 18.8. The third kappa shape index (κ3) is 4.49. The normalized spacial score (nSPS) is 12.7. The Kier molecular flexibility index (Phi) is 6.22. The van der Waals surface area contributed by atoms with Gasteiger partial charge in [-0.25, -0.2) is 4.79 Å². The van der Waals surface area contributed by atoms with Crippen LogP contribution in [-0.2, 0) is 0 Å². The van der Waals surface area contributed by atoms with Gasteiger partial charge < -0.3 is 20.8 Å². The van der Waals surface area contributed by atoms with Gasteiger partial charge in [-0.2, -0.15) is 0 Å². The quantitative estimate of drug-likeness (QED) is 0.437. The van der Waals surface area contributed by atoms with Crippen LogP contribution >= 0.6 is 0 Å². The van der Waals surface area contributed by atoms with Gasteiger partial charge >= 0.3 is 5.97 Å². The third-order valence-electron chi connectivity index (χ3n) is 4.86. The number of carbonyl (C=O) groups excluding carboxylic acids is 2. The molecule has 1 heterocycles. The molecule has 3 aromatic carbocycles. The fourth-order valence-electron chi connectivity index (χ4n) is 3.34. The molecule has 0 spiro atoms. The number of nitrogen functional groups attached to an aromatic ring is 1. The van der Waals surface area contributed by atoms with Gasteiger partial charge in [0.2, 0.25) is 0 Å². The van der Waals surface area contributed by atoms with E-state index in [9.17, 15) is 14.4 Å². The number of para-hydroxylation sites is 1. The molecule has 0 aliphatic carbocycles. The van der Waals surface area contributed by atoms with Crippen molar-refractivity contribution in [2.24, 2.45) is 0 Å². The average molecular weight is 421 g/mol. The molecule has 0 saturated carbocycles. The van der Waals surface area contributed by atoms with Gasteiger partial charge in [0.05, 0.1) is 5.56 Å². The fraction of sp³-hybridized carbons (Fsp3) is 0.174. The molecule has 0 fully saturated rings. The number of rotatable bonds is 4. The number of nitrogens with zero attached hydrogens (tertiary/aromatic N) is 2. The molecule has 1 aliphatic rings. The van der Waals surface area contributed by atoms with E-state index in [1.165, 1.54) is 17.0 Å². The molecule has 0 aromatic heterocycles. The second-order valence-corrected chi connectivity index (χ2v) is 7.36. The van der Waals surface area contributed by atoms with Crippen LogP contribution in [0.2, 0.25) is 0 Å². The molecule has 160 valence electrons. The Morgan fingerprint density at radius 3 is 2.29 bits per heavy atom. The fourth-order valence-corrected chi connectivity index (χ4v) is 3.34. The number of carboxylic acid groups (broad SMARTS) is 1. The molecule has 0 radical (unpaired) electrons. The van der Waals surface area contributed by atoms with Gasteiger partial charge in [-0.3, -0.25) is 14.5 Å². The van der Waals surface area contributed by atoms with Crippen LogP contribution in [0.3, 0.4) is 0 Å².